The molecule has 0 bridgehead atoms. The molecule has 0 amide bonds. The molecule has 0 aliphatic carbocycles. The summed E-state index contributed by atoms with van der Waals surface area (Å²) >= 11 is 5.89. The van der Waals surface area contributed by atoms with Crippen molar-refractivity contribution in [2.75, 3.05) is 7.11 Å². The predicted molar refractivity (Wildman–Crippen MR) is 97.7 cm³/mol. The minimum atomic E-state index is -0.117. The summed E-state index contributed by atoms with van der Waals surface area (Å²) < 4.78 is 5.33. The molecular formula is C20H20ClNO2. The number of ketones is 1. The molecule has 0 atom stereocenters. The van der Waals surface area contributed by atoms with E-state index in [-0.39, 0.29) is 11.3 Å². The average Bonchev–Trinajstić information content (AvgIpc) is 2.54. The van der Waals surface area contributed by atoms with E-state index in [2.05, 4.69) is 25.2 Å². The number of methoxy groups -OCH3 is 1. The molecule has 1 aliphatic rings. The topological polar surface area (TPSA) is 38.3 Å². The van der Waals surface area contributed by atoms with Crippen LogP contribution in [0.2, 0.25) is 5.02 Å². The number of carbonyl (C=O) groups excluding carboxylic acids is 1. The zero-order valence-corrected chi connectivity index (χ0v) is 14.8. The van der Waals surface area contributed by atoms with Gasteiger partial charge in [0.25, 0.3) is 0 Å². The molecule has 1 aliphatic heterocycles. The third-order valence-electron chi connectivity index (χ3n) is 4.12. The summed E-state index contributed by atoms with van der Waals surface area (Å²) in [5, 5.41) is 4.09. The predicted octanol–water partition coefficient (Wildman–Crippen LogP) is 4.50. The van der Waals surface area contributed by atoms with Crippen LogP contribution in [0.4, 0.5) is 0 Å². The molecule has 3 nitrogen and oxygen atoms in total. The highest BCUT2D eigenvalue weighted by atomic mass is 35.5. The molecule has 0 spiro atoms. The Morgan fingerprint density at radius 2 is 1.92 bits per heavy atom. The first-order valence-electron chi connectivity index (χ1n) is 7.85. The molecule has 2 aromatic rings. The minimum Gasteiger partial charge on any atom is -0.497 e. The molecule has 1 heterocycles. The molecule has 0 saturated heterocycles. The molecule has 24 heavy (non-hydrogen) atoms. The Labute approximate surface area is 147 Å². The standard InChI is InChI=1S/C20H20ClNO2/c1-20(2)12-14-6-9-16(24-3)10-17(14)18(22-20)11-19(23)13-4-7-15(21)8-5-13/h4-11,22H,12H2,1-3H3/b18-11-. The highest BCUT2D eigenvalue weighted by Crippen LogP contribution is 2.32. The van der Waals surface area contributed by atoms with Crippen molar-refractivity contribution >= 4 is 23.1 Å². The Balaban J connectivity index is 2.03. The lowest BCUT2D eigenvalue weighted by Crippen LogP contribution is -2.43. The van der Waals surface area contributed by atoms with Crippen LogP contribution in [0.5, 0.6) is 5.75 Å². The number of hydrogen-bond acceptors (Lipinski definition) is 3. The summed E-state index contributed by atoms with van der Waals surface area (Å²) in [5.74, 6) is 0.723. The van der Waals surface area contributed by atoms with Crippen LogP contribution in [0.1, 0.15) is 35.3 Å². The molecule has 3 rings (SSSR count). The lowest BCUT2D eigenvalue weighted by molar-refractivity contribution is 0.104. The van der Waals surface area contributed by atoms with Crippen molar-refractivity contribution in [2.24, 2.45) is 0 Å². The molecular weight excluding hydrogens is 322 g/mol. The van der Waals surface area contributed by atoms with Crippen LogP contribution in [0.25, 0.3) is 5.70 Å². The number of rotatable bonds is 3. The molecule has 0 saturated carbocycles. The zero-order valence-electron chi connectivity index (χ0n) is 14.0. The van der Waals surface area contributed by atoms with E-state index < -0.39 is 0 Å². The van der Waals surface area contributed by atoms with E-state index in [4.69, 9.17) is 16.3 Å². The molecule has 0 radical (unpaired) electrons. The van der Waals surface area contributed by atoms with Crippen molar-refractivity contribution in [3.8, 4) is 5.75 Å². The largest absolute Gasteiger partial charge is 0.497 e. The number of ether oxygens (including phenoxy) is 1. The van der Waals surface area contributed by atoms with Crippen LogP contribution in [0.15, 0.2) is 48.5 Å². The molecule has 0 unspecified atom stereocenters. The number of benzene rings is 2. The van der Waals surface area contributed by atoms with Crippen molar-refractivity contribution in [2.45, 2.75) is 25.8 Å². The van der Waals surface area contributed by atoms with Gasteiger partial charge in [-0.1, -0.05) is 17.7 Å². The van der Waals surface area contributed by atoms with E-state index in [9.17, 15) is 4.79 Å². The van der Waals surface area contributed by atoms with Gasteiger partial charge in [-0.2, -0.15) is 0 Å². The second kappa shape index (κ2) is 6.33. The summed E-state index contributed by atoms with van der Waals surface area (Å²) in [6, 6.07) is 12.9. The number of allylic oxidation sites excluding steroid dienone is 1. The molecule has 4 heteroatoms. The lowest BCUT2D eigenvalue weighted by Gasteiger charge is -2.35. The highest BCUT2D eigenvalue weighted by molar-refractivity contribution is 6.30. The molecule has 124 valence electrons. The van der Waals surface area contributed by atoms with Gasteiger partial charge in [-0.25, -0.2) is 0 Å². The van der Waals surface area contributed by atoms with Gasteiger partial charge >= 0.3 is 0 Å². The summed E-state index contributed by atoms with van der Waals surface area (Å²) in [7, 11) is 1.64. The van der Waals surface area contributed by atoms with Gasteiger partial charge in [0.2, 0.25) is 0 Å². The molecule has 0 aromatic heterocycles. The zero-order chi connectivity index (χ0) is 17.3. The SMILES string of the molecule is COc1ccc2c(c1)/C(=C/C(=O)c1ccc(Cl)cc1)NC(C)(C)C2. The maximum atomic E-state index is 12.6. The lowest BCUT2D eigenvalue weighted by atomic mass is 9.85. The van der Waals surface area contributed by atoms with E-state index in [0.717, 1.165) is 23.4 Å². The molecule has 0 fully saturated rings. The van der Waals surface area contributed by atoms with Gasteiger partial charge in [-0.05, 0) is 62.2 Å². The maximum Gasteiger partial charge on any atom is 0.187 e. The average molecular weight is 342 g/mol. The first-order chi connectivity index (χ1) is 11.4. The number of carbonyl (C=O) groups is 1. The van der Waals surface area contributed by atoms with E-state index in [0.29, 0.717) is 10.6 Å². The van der Waals surface area contributed by atoms with Crippen molar-refractivity contribution in [1.82, 2.24) is 5.32 Å². The fourth-order valence-corrected chi connectivity index (χ4v) is 3.11. The van der Waals surface area contributed by atoms with Crippen molar-refractivity contribution in [3.63, 3.8) is 0 Å². The maximum absolute atomic E-state index is 12.6. The Morgan fingerprint density at radius 3 is 2.58 bits per heavy atom. The van der Waals surface area contributed by atoms with Crippen LogP contribution in [0.3, 0.4) is 0 Å². The van der Waals surface area contributed by atoms with Gasteiger partial charge < -0.3 is 10.1 Å². The Bertz CT molecular complexity index is 807. The van der Waals surface area contributed by atoms with Crippen molar-refractivity contribution in [3.05, 3.63) is 70.3 Å². The van der Waals surface area contributed by atoms with Crippen LogP contribution >= 0.6 is 11.6 Å². The summed E-state index contributed by atoms with van der Waals surface area (Å²) in [6.45, 7) is 4.25. The number of nitrogens with one attached hydrogen (secondary N) is 1. The second-order valence-electron chi connectivity index (χ2n) is 6.64. The van der Waals surface area contributed by atoms with Crippen LogP contribution in [-0.4, -0.2) is 18.4 Å². The summed E-state index contributed by atoms with van der Waals surface area (Å²) in [4.78, 5) is 12.6. The van der Waals surface area contributed by atoms with E-state index in [1.54, 1.807) is 37.5 Å². The second-order valence-corrected chi connectivity index (χ2v) is 7.07. The fraction of sp³-hybridized carbons (Fsp3) is 0.250. The van der Waals surface area contributed by atoms with Gasteiger partial charge in [0.15, 0.2) is 5.78 Å². The number of hydrogen-bond donors (Lipinski definition) is 1. The van der Waals surface area contributed by atoms with Crippen LogP contribution in [0, 0.1) is 0 Å². The van der Waals surface area contributed by atoms with Gasteiger partial charge in [0.05, 0.1) is 7.11 Å². The third-order valence-corrected chi connectivity index (χ3v) is 4.37. The smallest absolute Gasteiger partial charge is 0.187 e. The van der Waals surface area contributed by atoms with Crippen molar-refractivity contribution < 1.29 is 9.53 Å². The number of fused-ring (bicyclic) bond motifs is 1. The van der Waals surface area contributed by atoms with E-state index in [1.807, 2.05) is 12.1 Å². The van der Waals surface area contributed by atoms with E-state index in [1.165, 1.54) is 5.56 Å². The van der Waals surface area contributed by atoms with Gasteiger partial charge in [0.1, 0.15) is 5.75 Å². The fourth-order valence-electron chi connectivity index (χ4n) is 2.98. The van der Waals surface area contributed by atoms with Crippen LogP contribution < -0.4 is 10.1 Å². The van der Waals surface area contributed by atoms with Gasteiger partial charge in [-0.3, -0.25) is 4.79 Å². The monoisotopic (exact) mass is 341 g/mol. The Kier molecular flexibility index (Phi) is 4.37. The molecule has 2 aromatic carbocycles. The van der Waals surface area contributed by atoms with E-state index >= 15 is 0 Å². The third kappa shape index (κ3) is 3.46. The normalized spacial score (nSPS) is 17.1. The highest BCUT2D eigenvalue weighted by Gasteiger charge is 2.28. The molecule has 1 N–H and O–H groups in total. The first-order valence-corrected chi connectivity index (χ1v) is 8.23. The summed E-state index contributed by atoms with van der Waals surface area (Å²) in [5.41, 5.74) is 3.53. The minimum absolute atomic E-state index is 0.0550. The quantitative estimate of drug-likeness (QED) is 0.660. The Hall–Kier alpha value is -2.26. The van der Waals surface area contributed by atoms with Gasteiger partial charge in [0, 0.05) is 33.5 Å². The number of halogens is 1. The van der Waals surface area contributed by atoms with Gasteiger partial charge in [-0.15, -0.1) is 0 Å². The van der Waals surface area contributed by atoms with Crippen molar-refractivity contribution in [1.29, 1.82) is 0 Å². The van der Waals surface area contributed by atoms with Crippen LogP contribution in [-0.2, 0) is 6.42 Å². The first kappa shape index (κ1) is 16.6. The Morgan fingerprint density at radius 1 is 1.21 bits per heavy atom. The summed E-state index contributed by atoms with van der Waals surface area (Å²) in [6.07, 6.45) is 2.54.